The normalized spacial score (nSPS) is 14.1. The standard InChI is InChI=1S/C13H16N4O/c1-3-13(2,10-18)9-12-14-15-16-17(12)11-7-5-4-6-8-11/h3-8,18H,1,9-10H2,2H3. The van der Waals surface area contributed by atoms with Crippen LogP contribution in [0.1, 0.15) is 12.7 Å². The van der Waals surface area contributed by atoms with E-state index in [2.05, 4.69) is 22.1 Å². The molecule has 2 aromatic rings. The van der Waals surface area contributed by atoms with Crippen LogP contribution in [0.2, 0.25) is 0 Å². The summed E-state index contributed by atoms with van der Waals surface area (Å²) in [5, 5.41) is 21.1. The fourth-order valence-electron chi connectivity index (χ4n) is 1.64. The van der Waals surface area contributed by atoms with Gasteiger partial charge in [-0.1, -0.05) is 31.2 Å². The number of tetrazole rings is 1. The number of para-hydroxylation sites is 1. The predicted octanol–water partition coefficient (Wildman–Crippen LogP) is 1.39. The molecule has 94 valence electrons. The van der Waals surface area contributed by atoms with E-state index in [9.17, 15) is 5.11 Å². The summed E-state index contributed by atoms with van der Waals surface area (Å²) in [6, 6.07) is 9.67. The van der Waals surface area contributed by atoms with E-state index in [4.69, 9.17) is 0 Å². The number of aliphatic hydroxyl groups excluding tert-OH is 1. The summed E-state index contributed by atoms with van der Waals surface area (Å²) in [5.74, 6) is 0.706. The summed E-state index contributed by atoms with van der Waals surface area (Å²) < 4.78 is 1.68. The van der Waals surface area contributed by atoms with Gasteiger partial charge in [0, 0.05) is 11.8 Å². The van der Waals surface area contributed by atoms with Crippen LogP contribution in [0.5, 0.6) is 0 Å². The Balaban J connectivity index is 2.32. The van der Waals surface area contributed by atoms with Crippen molar-refractivity contribution in [2.75, 3.05) is 6.61 Å². The first-order valence-electron chi connectivity index (χ1n) is 5.76. The molecule has 0 saturated carbocycles. The van der Waals surface area contributed by atoms with Gasteiger partial charge in [0.25, 0.3) is 0 Å². The largest absolute Gasteiger partial charge is 0.395 e. The topological polar surface area (TPSA) is 63.8 Å². The van der Waals surface area contributed by atoms with E-state index in [1.807, 2.05) is 37.3 Å². The molecular weight excluding hydrogens is 228 g/mol. The lowest BCUT2D eigenvalue weighted by molar-refractivity contribution is 0.181. The highest BCUT2D eigenvalue weighted by molar-refractivity contribution is 5.30. The molecule has 0 saturated heterocycles. The lowest BCUT2D eigenvalue weighted by atomic mass is 9.88. The van der Waals surface area contributed by atoms with Gasteiger partial charge in [-0.3, -0.25) is 0 Å². The van der Waals surface area contributed by atoms with Gasteiger partial charge in [0.05, 0.1) is 12.3 Å². The molecular formula is C13H16N4O. The van der Waals surface area contributed by atoms with Crippen LogP contribution < -0.4 is 0 Å². The summed E-state index contributed by atoms with van der Waals surface area (Å²) in [4.78, 5) is 0. The summed E-state index contributed by atoms with van der Waals surface area (Å²) in [5.41, 5.74) is 0.489. The minimum atomic E-state index is -0.415. The van der Waals surface area contributed by atoms with Crippen LogP contribution in [0.25, 0.3) is 5.69 Å². The van der Waals surface area contributed by atoms with E-state index in [-0.39, 0.29) is 6.61 Å². The second kappa shape index (κ2) is 5.10. The number of hydrogen-bond acceptors (Lipinski definition) is 4. The Morgan fingerprint density at radius 1 is 1.39 bits per heavy atom. The van der Waals surface area contributed by atoms with Crippen molar-refractivity contribution < 1.29 is 5.11 Å². The first-order valence-corrected chi connectivity index (χ1v) is 5.76. The molecule has 2 rings (SSSR count). The maximum atomic E-state index is 9.40. The molecule has 18 heavy (non-hydrogen) atoms. The van der Waals surface area contributed by atoms with Gasteiger partial charge >= 0.3 is 0 Å². The van der Waals surface area contributed by atoms with Gasteiger partial charge < -0.3 is 5.11 Å². The molecule has 0 radical (unpaired) electrons. The van der Waals surface area contributed by atoms with E-state index in [1.165, 1.54) is 0 Å². The molecule has 0 fully saturated rings. The molecule has 0 bridgehead atoms. The van der Waals surface area contributed by atoms with Crippen LogP contribution in [-0.4, -0.2) is 31.9 Å². The van der Waals surface area contributed by atoms with Crippen molar-refractivity contribution in [2.45, 2.75) is 13.3 Å². The highest BCUT2D eigenvalue weighted by Gasteiger charge is 2.23. The van der Waals surface area contributed by atoms with Crippen molar-refractivity contribution in [1.29, 1.82) is 0 Å². The van der Waals surface area contributed by atoms with E-state index < -0.39 is 5.41 Å². The van der Waals surface area contributed by atoms with Crippen LogP contribution in [0, 0.1) is 5.41 Å². The fourth-order valence-corrected chi connectivity index (χ4v) is 1.64. The Hall–Kier alpha value is -2.01. The third-order valence-electron chi connectivity index (χ3n) is 2.95. The van der Waals surface area contributed by atoms with Gasteiger partial charge in [-0.2, -0.15) is 4.68 Å². The fraction of sp³-hybridized carbons (Fsp3) is 0.308. The molecule has 1 N–H and O–H groups in total. The molecule has 0 aliphatic carbocycles. The van der Waals surface area contributed by atoms with E-state index in [0.717, 1.165) is 5.69 Å². The van der Waals surface area contributed by atoms with Gasteiger partial charge in [-0.15, -0.1) is 11.7 Å². The Bertz CT molecular complexity index is 523. The smallest absolute Gasteiger partial charge is 0.157 e. The Kier molecular flexibility index (Phi) is 3.53. The highest BCUT2D eigenvalue weighted by Crippen LogP contribution is 2.22. The van der Waals surface area contributed by atoms with Gasteiger partial charge in [0.2, 0.25) is 0 Å². The van der Waals surface area contributed by atoms with Gasteiger partial charge in [-0.05, 0) is 22.6 Å². The van der Waals surface area contributed by atoms with Crippen molar-refractivity contribution in [3.8, 4) is 5.69 Å². The zero-order valence-corrected chi connectivity index (χ0v) is 10.3. The molecule has 1 aromatic carbocycles. The Morgan fingerprint density at radius 2 is 2.11 bits per heavy atom. The third kappa shape index (κ3) is 2.46. The molecule has 5 nitrogen and oxygen atoms in total. The van der Waals surface area contributed by atoms with E-state index in [0.29, 0.717) is 12.2 Å². The molecule has 1 unspecified atom stereocenters. The predicted molar refractivity (Wildman–Crippen MR) is 68.2 cm³/mol. The second-order valence-corrected chi connectivity index (χ2v) is 4.54. The number of rotatable bonds is 5. The third-order valence-corrected chi connectivity index (χ3v) is 2.95. The maximum absolute atomic E-state index is 9.40. The van der Waals surface area contributed by atoms with Gasteiger partial charge in [0.1, 0.15) is 0 Å². The average Bonchev–Trinajstić information content (AvgIpc) is 2.87. The molecule has 0 aliphatic heterocycles. The zero-order valence-electron chi connectivity index (χ0n) is 10.3. The first kappa shape index (κ1) is 12.4. The summed E-state index contributed by atoms with van der Waals surface area (Å²) in [7, 11) is 0. The van der Waals surface area contributed by atoms with Crippen LogP contribution in [-0.2, 0) is 6.42 Å². The Morgan fingerprint density at radius 3 is 2.72 bits per heavy atom. The van der Waals surface area contributed by atoms with Crippen molar-refractivity contribution in [3.63, 3.8) is 0 Å². The van der Waals surface area contributed by atoms with Crippen molar-refractivity contribution in [2.24, 2.45) is 5.41 Å². The maximum Gasteiger partial charge on any atom is 0.157 e. The minimum Gasteiger partial charge on any atom is -0.395 e. The van der Waals surface area contributed by atoms with Crippen LogP contribution in [0.15, 0.2) is 43.0 Å². The van der Waals surface area contributed by atoms with Crippen molar-refractivity contribution in [1.82, 2.24) is 20.2 Å². The molecule has 0 amide bonds. The molecule has 1 aromatic heterocycles. The highest BCUT2D eigenvalue weighted by atomic mass is 16.3. The van der Waals surface area contributed by atoms with Crippen molar-refractivity contribution >= 4 is 0 Å². The number of benzene rings is 1. The zero-order chi connectivity index (χ0) is 13.0. The Labute approximate surface area is 106 Å². The lowest BCUT2D eigenvalue weighted by Gasteiger charge is -2.21. The number of aromatic nitrogens is 4. The number of aliphatic hydroxyl groups is 1. The molecule has 0 aliphatic rings. The quantitative estimate of drug-likeness (QED) is 0.807. The lowest BCUT2D eigenvalue weighted by Crippen LogP contribution is -2.23. The summed E-state index contributed by atoms with van der Waals surface area (Å²) in [6.07, 6.45) is 2.27. The SMILES string of the molecule is C=CC(C)(CO)Cc1nnnn1-c1ccccc1. The molecule has 5 heteroatoms. The van der Waals surface area contributed by atoms with E-state index in [1.54, 1.807) is 10.8 Å². The van der Waals surface area contributed by atoms with Gasteiger partial charge in [0.15, 0.2) is 5.82 Å². The number of nitrogens with zero attached hydrogens (tertiary/aromatic N) is 4. The van der Waals surface area contributed by atoms with Crippen LogP contribution in [0.3, 0.4) is 0 Å². The second-order valence-electron chi connectivity index (χ2n) is 4.54. The number of hydrogen-bond donors (Lipinski definition) is 1. The monoisotopic (exact) mass is 244 g/mol. The first-order chi connectivity index (χ1) is 8.68. The van der Waals surface area contributed by atoms with Crippen molar-refractivity contribution in [3.05, 3.63) is 48.8 Å². The van der Waals surface area contributed by atoms with Crippen LogP contribution in [0.4, 0.5) is 0 Å². The van der Waals surface area contributed by atoms with E-state index >= 15 is 0 Å². The minimum absolute atomic E-state index is 0.0121. The average molecular weight is 244 g/mol. The van der Waals surface area contributed by atoms with Gasteiger partial charge in [-0.25, -0.2) is 0 Å². The summed E-state index contributed by atoms with van der Waals surface area (Å²) >= 11 is 0. The van der Waals surface area contributed by atoms with Crippen LogP contribution >= 0.6 is 0 Å². The molecule has 1 heterocycles. The summed E-state index contributed by atoms with van der Waals surface area (Å²) in [6.45, 7) is 5.68. The molecule has 0 spiro atoms. The molecule has 1 atom stereocenters.